The van der Waals surface area contributed by atoms with Gasteiger partial charge in [0.25, 0.3) is 0 Å². The van der Waals surface area contributed by atoms with E-state index < -0.39 is 0 Å². The summed E-state index contributed by atoms with van der Waals surface area (Å²) in [7, 11) is 5.92. The molecular weight excluding hydrogens is 587 g/mol. The van der Waals surface area contributed by atoms with Crippen LogP contribution in [-0.4, -0.2) is 54.8 Å². The molecule has 0 fully saturated rings. The first-order chi connectivity index (χ1) is 23.0. The van der Waals surface area contributed by atoms with Crippen LogP contribution >= 0.6 is 0 Å². The van der Waals surface area contributed by atoms with E-state index in [0.717, 1.165) is 25.8 Å². The Labute approximate surface area is 286 Å². The predicted molar refractivity (Wildman–Crippen MR) is 203 cm³/mol. The molecule has 4 aromatic rings. The molecule has 48 heavy (non-hydrogen) atoms. The van der Waals surface area contributed by atoms with Crippen LogP contribution in [0.4, 0.5) is 11.4 Å². The minimum atomic E-state index is -0.0833. The summed E-state index contributed by atoms with van der Waals surface area (Å²) < 4.78 is 2.39. The molecule has 0 saturated carbocycles. The van der Waals surface area contributed by atoms with Crippen LogP contribution in [0.2, 0.25) is 0 Å². The Hall–Kier alpha value is -4.44. The number of hydrogen-bond acceptors (Lipinski definition) is 2. The van der Waals surface area contributed by atoms with E-state index in [4.69, 9.17) is 0 Å². The largest absolute Gasteiger partial charge is 0.367 e. The maximum Gasteiger partial charge on any atom is 0.223 e. The number of allylic oxidation sites excluding steroid dienone is 5. The zero-order valence-corrected chi connectivity index (χ0v) is 29.8. The van der Waals surface area contributed by atoms with Crippen molar-refractivity contribution in [2.24, 2.45) is 0 Å². The van der Waals surface area contributed by atoms with Gasteiger partial charge in [0, 0.05) is 61.9 Å². The number of carbonyl (C=O) groups excluding carboxylic acids is 1. The highest BCUT2D eigenvalue weighted by Gasteiger charge is 2.45. The molecule has 0 bridgehead atoms. The van der Waals surface area contributed by atoms with Crippen LogP contribution < -0.4 is 4.90 Å². The van der Waals surface area contributed by atoms with E-state index >= 15 is 0 Å². The van der Waals surface area contributed by atoms with Gasteiger partial charge in [0.15, 0.2) is 5.71 Å². The Bertz CT molecular complexity index is 2050. The van der Waals surface area contributed by atoms with Gasteiger partial charge in [0.2, 0.25) is 11.6 Å². The van der Waals surface area contributed by atoms with Crippen LogP contribution in [0.25, 0.3) is 21.5 Å². The van der Waals surface area contributed by atoms with Gasteiger partial charge < -0.3 is 9.80 Å². The van der Waals surface area contributed by atoms with Gasteiger partial charge in [-0.05, 0) is 84.3 Å². The summed E-state index contributed by atoms with van der Waals surface area (Å²) in [4.78, 5) is 17.0. The molecule has 246 valence electrons. The van der Waals surface area contributed by atoms with Crippen molar-refractivity contribution in [1.29, 1.82) is 0 Å². The lowest BCUT2D eigenvalue weighted by molar-refractivity contribution is -0.401. The fourth-order valence-corrected chi connectivity index (χ4v) is 8.85. The van der Waals surface area contributed by atoms with Crippen molar-refractivity contribution in [3.05, 3.63) is 119 Å². The lowest BCUT2D eigenvalue weighted by atomic mass is 9.77. The number of benzene rings is 4. The van der Waals surface area contributed by atoms with Gasteiger partial charge in [-0.25, -0.2) is 0 Å². The van der Waals surface area contributed by atoms with Gasteiger partial charge in [0.1, 0.15) is 7.05 Å². The van der Waals surface area contributed by atoms with Gasteiger partial charge >= 0.3 is 0 Å². The van der Waals surface area contributed by atoms with Crippen molar-refractivity contribution >= 4 is 44.5 Å². The van der Waals surface area contributed by atoms with E-state index in [1.54, 1.807) is 4.90 Å². The number of rotatable bonds is 7. The molecule has 7 rings (SSSR count). The smallest absolute Gasteiger partial charge is 0.223 e. The first-order valence-electron chi connectivity index (χ1n) is 17.7. The number of fused-ring (bicyclic) bond motifs is 6. The number of anilines is 1. The predicted octanol–water partition coefficient (Wildman–Crippen LogP) is 9.63. The third kappa shape index (κ3) is 5.40. The van der Waals surface area contributed by atoms with Gasteiger partial charge in [-0.3, -0.25) is 4.79 Å². The molecule has 4 nitrogen and oxygen atoms in total. The van der Waals surface area contributed by atoms with Crippen LogP contribution in [0.3, 0.4) is 0 Å². The second-order valence-electron chi connectivity index (χ2n) is 15.3. The Kier molecular flexibility index (Phi) is 8.18. The first-order valence-corrected chi connectivity index (χ1v) is 17.7. The molecule has 1 unspecified atom stereocenters. The number of nitrogens with zero attached hydrogens (tertiary/aromatic N) is 3. The Morgan fingerprint density at radius 3 is 2.25 bits per heavy atom. The number of hydrogen-bond donors (Lipinski definition) is 0. The van der Waals surface area contributed by atoms with E-state index in [1.165, 1.54) is 67.3 Å². The summed E-state index contributed by atoms with van der Waals surface area (Å²) in [5.74, 6) is 0.177. The Morgan fingerprint density at radius 2 is 1.54 bits per heavy atom. The third-order valence-corrected chi connectivity index (χ3v) is 11.4. The van der Waals surface area contributed by atoms with Crippen LogP contribution in [0.5, 0.6) is 0 Å². The molecule has 0 N–H and O–H groups in total. The first kappa shape index (κ1) is 32.1. The van der Waals surface area contributed by atoms with E-state index in [-0.39, 0.29) is 22.8 Å². The second-order valence-corrected chi connectivity index (χ2v) is 15.3. The highest BCUT2D eigenvalue weighted by atomic mass is 16.2. The summed E-state index contributed by atoms with van der Waals surface area (Å²) in [6, 6.07) is 26.9. The minimum Gasteiger partial charge on any atom is -0.367 e. The minimum absolute atomic E-state index is 0.0655. The van der Waals surface area contributed by atoms with E-state index in [0.29, 0.717) is 6.42 Å². The fraction of sp³-hybridized carbons (Fsp3) is 0.364. The molecule has 3 aliphatic rings. The number of carbonyl (C=O) groups is 1. The van der Waals surface area contributed by atoms with Crippen LogP contribution in [0, 0.1) is 0 Å². The lowest BCUT2D eigenvalue weighted by Gasteiger charge is -2.34. The average molecular weight is 637 g/mol. The third-order valence-electron chi connectivity index (χ3n) is 11.4. The van der Waals surface area contributed by atoms with E-state index in [2.05, 4.69) is 141 Å². The van der Waals surface area contributed by atoms with Gasteiger partial charge in [-0.2, -0.15) is 4.58 Å². The van der Waals surface area contributed by atoms with E-state index in [9.17, 15) is 4.79 Å². The SMILES string of the molecule is CN(C)C(=O)CCN1c2ccc3ccccc3c2C(C)(C)C1CC=C1C=C(/C=C/C2=[N+](C)c3ccc4ccccc4c3C2(C)C)CCC1. The molecule has 0 radical (unpaired) electrons. The molecule has 0 aromatic heterocycles. The van der Waals surface area contributed by atoms with Crippen molar-refractivity contribution in [2.75, 3.05) is 32.6 Å². The molecule has 4 aromatic carbocycles. The summed E-state index contributed by atoms with van der Waals surface area (Å²) in [6.07, 6.45) is 14.5. The standard InChI is InChI=1S/C44H50N3O/c1-43(2)38(46(7)36-23-21-32-15-8-10-17-34(32)41(36)43)25-19-30-13-12-14-31(29-30)20-26-39-44(3,4)42-35-18-11-9-16-33(35)22-24-37(42)47(39)28-27-40(48)45(5)6/h8-11,15-25,29,39H,12-14,26-28H2,1-7H3/q+1/b25-19+,31-20?. The molecule has 0 spiro atoms. The average Bonchev–Trinajstić information content (AvgIpc) is 3.42. The van der Waals surface area contributed by atoms with Gasteiger partial charge in [0.05, 0.1) is 5.41 Å². The summed E-state index contributed by atoms with van der Waals surface area (Å²) in [6.45, 7) is 10.3. The Balaban J connectivity index is 1.17. The molecule has 0 saturated heterocycles. The molecule has 1 atom stereocenters. The van der Waals surface area contributed by atoms with Crippen molar-refractivity contribution in [3.63, 3.8) is 0 Å². The molecule has 2 heterocycles. The maximum absolute atomic E-state index is 12.7. The lowest BCUT2D eigenvalue weighted by Crippen LogP contribution is -2.42. The highest BCUT2D eigenvalue weighted by molar-refractivity contribution is 6.07. The molecule has 1 amide bonds. The van der Waals surface area contributed by atoms with Crippen molar-refractivity contribution in [1.82, 2.24) is 4.90 Å². The molecular formula is C44H50N3O+. The zero-order chi connectivity index (χ0) is 33.8. The highest BCUT2D eigenvalue weighted by Crippen LogP contribution is 2.50. The number of amides is 1. The van der Waals surface area contributed by atoms with Crippen LogP contribution in [0.1, 0.15) is 70.9 Å². The molecule has 2 aliphatic heterocycles. The summed E-state index contributed by atoms with van der Waals surface area (Å²) in [5, 5.41) is 5.26. The summed E-state index contributed by atoms with van der Waals surface area (Å²) in [5.41, 5.74) is 9.45. The van der Waals surface area contributed by atoms with Gasteiger partial charge in [-0.15, -0.1) is 0 Å². The summed E-state index contributed by atoms with van der Waals surface area (Å²) >= 11 is 0. The normalized spacial score (nSPS) is 20.6. The fourth-order valence-electron chi connectivity index (χ4n) is 8.85. The maximum atomic E-state index is 12.7. The van der Waals surface area contributed by atoms with Crippen LogP contribution in [-0.2, 0) is 15.6 Å². The second kappa shape index (κ2) is 12.2. The van der Waals surface area contributed by atoms with E-state index in [1.807, 2.05) is 14.1 Å². The van der Waals surface area contributed by atoms with Gasteiger partial charge in [-0.1, -0.05) is 92.2 Å². The van der Waals surface area contributed by atoms with Crippen molar-refractivity contribution in [2.45, 2.75) is 76.7 Å². The zero-order valence-electron chi connectivity index (χ0n) is 29.8. The Morgan fingerprint density at radius 1 is 0.875 bits per heavy atom. The molecule has 1 aliphatic carbocycles. The topological polar surface area (TPSA) is 26.6 Å². The monoisotopic (exact) mass is 636 g/mol. The van der Waals surface area contributed by atoms with Crippen molar-refractivity contribution in [3.8, 4) is 0 Å². The van der Waals surface area contributed by atoms with Crippen LogP contribution in [0.15, 0.2) is 108 Å². The molecule has 4 heteroatoms. The van der Waals surface area contributed by atoms with Crippen molar-refractivity contribution < 1.29 is 9.37 Å². The quantitative estimate of drug-likeness (QED) is 0.189.